The molecule has 2 rings (SSSR count). The Labute approximate surface area is 155 Å². The number of carbonyl (C=O) groups excluding carboxylic acids is 2. The van der Waals surface area contributed by atoms with Crippen molar-refractivity contribution in [2.24, 2.45) is 5.10 Å². The third kappa shape index (κ3) is 5.21. The van der Waals surface area contributed by atoms with Gasteiger partial charge in [-0.05, 0) is 30.3 Å². The monoisotopic (exact) mass is 403 g/mol. The number of amides is 2. The Balaban J connectivity index is 1.94. The molecule has 2 amide bonds. The second-order valence-corrected chi connectivity index (χ2v) is 5.66. The van der Waals surface area contributed by atoms with Crippen LogP contribution in [-0.4, -0.2) is 18.0 Å². The van der Waals surface area contributed by atoms with Crippen molar-refractivity contribution in [2.75, 3.05) is 5.32 Å². The van der Waals surface area contributed by atoms with Gasteiger partial charge in [0.2, 0.25) is 0 Å². The van der Waals surface area contributed by atoms with Crippen LogP contribution in [0.4, 0.5) is 18.9 Å². The van der Waals surface area contributed by atoms with Crippen molar-refractivity contribution in [3.05, 3.63) is 63.6 Å². The maximum absolute atomic E-state index is 12.5. The number of anilines is 1. The fourth-order valence-electron chi connectivity index (χ4n) is 1.76. The average Bonchev–Trinajstić information content (AvgIpc) is 2.58. The summed E-state index contributed by atoms with van der Waals surface area (Å²) in [6.07, 6.45) is -3.30. The van der Waals surface area contributed by atoms with Gasteiger partial charge >= 0.3 is 18.0 Å². The van der Waals surface area contributed by atoms with E-state index in [-0.39, 0.29) is 10.7 Å². The molecule has 0 radical (unpaired) electrons. The highest BCUT2D eigenvalue weighted by atomic mass is 35.5. The summed E-state index contributed by atoms with van der Waals surface area (Å²) in [5.74, 6) is -2.21. The second kappa shape index (κ2) is 8.20. The SMILES string of the molecule is O=C(NN=Cc1cccc(Cl)c1Cl)C(=O)Nc1ccc(C(F)(F)F)cc1. The molecule has 0 aliphatic rings. The van der Waals surface area contributed by atoms with Crippen molar-refractivity contribution in [2.45, 2.75) is 6.18 Å². The van der Waals surface area contributed by atoms with Crippen LogP contribution in [0.1, 0.15) is 11.1 Å². The summed E-state index contributed by atoms with van der Waals surface area (Å²) in [5.41, 5.74) is 1.54. The summed E-state index contributed by atoms with van der Waals surface area (Å²) in [7, 11) is 0. The lowest BCUT2D eigenvalue weighted by molar-refractivity contribution is -0.137. The molecular formula is C16H10Cl2F3N3O2. The highest BCUT2D eigenvalue weighted by molar-refractivity contribution is 6.43. The third-order valence-electron chi connectivity index (χ3n) is 3.03. The van der Waals surface area contributed by atoms with Gasteiger partial charge in [-0.2, -0.15) is 18.3 Å². The molecule has 136 valence electrons. The molecular weight excluding hydrogens is 394 g/mol. The van der Waals surface area contributed by atoms with Gasteiger partial charge in [-0.15, -0.1) is 0 Å². The Kier molecular flexibility index (Phi) is 6.23. The fourth-order valence-corrected chi connectivity index (χ4v) is 2.12. The van der Waals surface area contributed by atoms with Crippen LogP contribution >= 0.6 is 23.2 Å². The molecule has 0 fully saturated rings. The Morgan fingerprint density at radius 3 is 2.27 bits per heavy atom. The molecule has 0 aliphatic heterocycles. The van der Waals surface area contributed by atoms with Gasteiger partial charge in [0.25, 0.3) is 0 Å². The second-order valence-electron chi connectivity index (χ2n) is 4.87. The van der Waals surface area contributed by atoms with E-state index < -0.39 is 23.6 Å². The van der Waals surface area contributed by atoms with Gasteiger partial charge in [-0.25, -0.2) is 5.43 Å². The van der Waals surface area contributed by atoms with Crippen LogP contribution in [0.5, 0.6) is 0 Å². The highest BCUT2D eigenvalue weighted by Crippen LogP contribution is 2.29. The van der Waals surface area contributed by atoms with Crippen molar-refractivity contribution >= 4 is 46.9 Å². The van der Waals surface area contributed by atoms with Gasteiger partial charge in [0.05, 0.1) is 21.8 Å². The normalized spacial score (nSPS) is 11.4. The maximum atomic E-state index is 12.5. The summed E-state index contributed by atoms with van der Waals surface area (Å²) in [6, 6.07) is 8.41. The first-order chi connectivity index (χ1) is 12.2. The summed E-state index contributed by atoms with van der Waals surface area (Å²) in [4.78, 5) is 23.3. The number of hydrogen-bond donors (Lipinski definition) is 2. The maximum Gasteiger partial charge on any atom is 0.416 e. The fraction of sp³-hybridized carbons (Fsp3) is 0.0625. The lowest BCUT2D eigenvalue weighted by Gasteiger charge is -2.08. The zero-order valence-corrected chi connectivity index (χ0v) is 14.3. The molecule has 0 saturated carbocycles. The first kappa shape index (κ1) is 19.7. The van der Waals surface area contributed by atoms with E-state index in [0.29, 0.717) is 10.6 Å². The number of alkyl halides is 3. The molecule has 26 heavy (non-hydrogen) atoms. The summed E-state index contributed by atoms with van der Waals surface area (Å²) in [5, 5.41) is 6.24. The highest BCUT2D eigenvalue weighted by Gasteiger charge is 2.30. The van der Waals surface area contributed by atoms with Crippen molar-refractivity contribution in [1.29, 1.82) is 0 Å². The van der Waals surface area contributed by atoms with Crippen LogP contribution in [0.3, 0.4) is 0 Å². The summed E-state index contributed by atoms with van der Waals surface area (Å²) >= 11 is 11.7. The van der Waals surface area contributed by atoms with E-state index in [1.807, 2.05) is 5.43 Å². The van der Waals surface area contributed by atoms with Gasteiger partial charge in [-0.1, -0.05) is 35.3 Å². The summed E-state index contributed by atoms with van der Waals surface area (Å²) in [6.45, 7) is 0. The molecule has 2 N–H and O–H groups in total. The van der Waals surface area contributed by atoms with E-state index in [4.69, 9.17) is 23.2 Å². The molecule has 0 saturated heterocycles. The molecule has 10 heteroatoms. The number of nitrogens with zero attached hydrogens (tertiary/aromatic N) is 1. The van der Waals surface area contributed by atoms with E-state index >= 15 is 0 Å². The number of nitrogens with one attached hydrogen (secondary N) is 2. The largest absolute Gasteiger partial charge is 0.416 e. The predicted octanol–water partition coefficient (Wildman–Crippen LogP) is 4.10. The van der Waals surface area contributed by atoms with Crippen molar-refractivity contribution in [3.8, 4) is 0 Å². The lowest BCUT2D eigenvalue weighted by atomic mass is 10.2. The molecule has 2 aromatic rings. The Hall–Kier alpha value is -2.58. The predicted molar refractivity (Wildman–Crippen MR) is 92.3 cm³/mol. The molecule has 2 aromatic carbocycles. The third-order valence-corrected chi connectivity index (χ3v) is 3.86. The van der Waals surface area contributed by atoms with Crippen LogP contribution in [-0.2, 0) is 15.8 Å². The molecule has 0 atom stereocenters. The Morgan fingerprint density at radius 2 is 1.65 bits per heavy atom. The average molecular weight is 404 g/mol. The molecule has 5 nitrogen and oxygen atoms in total. The summed E-state index contributed by atoms with van der Waals surface area (Å²) < 4.78 is 37.4. The quantitative estimate of drug-likeness (QED) is 0.460. The van der Waals surface area contributed by atoms with Crippen LogP contribution in [0.15, 0.2) is 47.6 Å². The minimum Gasteiger partial charge on any atom is -0.318 e. The molecule has 0 aliphatic carbocycles. The number of benzene rings is 2. The van der Waals surface area contributed by atoms with Crippen LogP contribution in [0, 0.1) is 0 Å². The van der Waals surface area contributed by atoms with Gasteiger partial charge in [-0.3, -0.25) is 9.59 Å². The molecule has 0 unspecified atom stereocenters. The van der Waals surface area contributed by atoms with Gasteiger partial charge in [0.15, 0.2) is 0 Å². The number of carbonyl (C=O) groups is 2. The first-order valence-corrected chi connectivity index (χ1v) is 7.69. The van der Waals surface area contributed by atoms with E-state index in [1.165, 1.54) is 6.21 Å². The smallest absolute Gasteiger partial charge is 0.318 e. The van der Waals surface area contributed by atoms with E-state index in [0.717, 1.165) is 24.3 Å². The standard InChI is InChI=1S/C16H10Cl2F3N3O2/c17-12-3-1-2-9(13(12)18)8-22-24-15(26)14(25)23-11-6-4-10(5-7-11)16(19,20)21/h1-8H,(H,23,25)(H,24,26). The van der Waals surface area contributed by atoms with Gasteiger partial charge in [0, 0.05) is 11.3 Å². The van der Waals surface area contributed by atoms with Gasteiger partial charge in [0.1, 0.15) is 0 Å². The zero-order valence-electron chi connectivity index (χ0n) is 12.8. The van der Waals surface area contributed by atoms with Crippen LogP contribution < -0.4 is 10.7 Å². The zero-order chi connectivity index (χ0) is 19.3. The van der Waals surface area contributed by atoms with Crippen LogP contribution in [0.25, 0.3) is 0 Å². The molecule has 0 aromatic heterocycles. The molecule has 0 spiro atoms. The van der Waals surface area contributed by atoms with Crippen LogP contribution in [0.2, 0.25) is 10.0 Å². The molecule has 0 heterocycles. The van der Waals surface area contributed by atoms with Crippen molar-refractivity contribution in [3.63, 3.8) is 0 Å². The molecule has 0 bridgehead atoms. The minimum atomic E-state index is -4.49. The van der Waals surface area contributed by atoms with E-state index in [1.54, 1.807) is 18.2 Å². The van der Waals surface area contributed by atoms with E-state index in [2.05, 4.69) is 10.4 Å². The number of rotatable bonds is 3. The van der Waals surface area contributed by atoms with Crippen molar-refractivity contribution in [1.82, 2.24) is 5.43 Å². The van der Waals surface area contributed by atoms with Crippen molar-refractivity contribution < 1.29 is 22.8 Å². The lowest BCUT2D eigenvalue weighted by Crippen LogP contribution is -2.32. The van der Waals surface area contributed by atoms with E-state index in [9.17, 15) is 22.8 Å². The number of halogens is 5. The minimum absolute atomic E-state index is 0.0278. The topological polar surface area (TPSA) is 70.6 Å². The number of hydrogen-bond acceptors (Lipinski definition) is 3. The Bertz CT molecular complexity index is 853. The first-order valence-electron chi connectivity index (χ1n) is 6.94. The Morgan fingerprint density at radius 1 is 1.00 bits per heavy atom. The van der Waals surface area contributed by atoms with Gasteiger partial charge < -0.3 is 5.32 Å². The number of hydrazone groups is 1.